The van der Waals surface area contributed by atoms with Gasteiger partial charge in [0.05, 0.1) is 0 Å². The summed E-state index contributed by atoms with van der Waals surface area (Å²) in [5, 5.41) is 0. The smallest absolute Gasteiger partial charge is 0.377 e. The van der Waals surface area contributed by atoms with Gasteiger partial charge in [-0.2, -0.15) is 0 Å². The van der Waals surface area contributed by atoms with Crippen molar-refractivity contribution in [3.05, 3.63) is 0 Å². The highest BCUT2D eigenvalue weighted by Crippen LogP contribution is 2.43. The molecule has 0 bridgehead atoms. The summed E-state index contributed by atoms with van der Waals surface area (Å²) < 4.78 is 51.6. The normalized spacial score (nSPS) is 13.4. The van der Waals surface area contributed by atoms with Crippen molar-refractivity contribution in [3.8, 4) is 0 Å². The molecule has 0 spiro atoms. The van der Waals surface area contributed by atoms with Gasteiger partial charge in [-0.3, -0.25) is 0 Å². The topological polar surface area (TPSA) is 83.1 Å². The van der Waals surface area contributed by atoms with Gasteiger partial charge in [0.25, 0.3) is 0 Å². The van der Waals surface area contributed by atoms with Crippen molar-refractivity contribution in [2.75, 3.05) is 64.0 Å². The lowest BCUT2D eigenvalue weighted by Crippen LogP contribution is -2.43. The minimum atomic E-state index is -2.63. The maximum Gasteiger partial charge on any atom is 0.500 e. The van der Waals surface area contributed by atoms with Gasteiger partial charge in [0, 0.05) is 82.1 Å². The van der Waals surface area contributed by atoms with E-state index in [0.717, 1.165) is 56.7 Å². The molecule has 39 heavy (non-hydrogen) atoms. The van der Waals surface area contributed by atoms with E-state index in [4.69, 9.17) is 39.8 Å². The Bertz CT molecular complexity index is 485. The lowest BCUT2D eigenvalue weighted by Gasteiger charge is -2.37. The Morgan fingerprint density at radius 2 is 0.615 bits per heavy atom. The molecule has 0 aromatic heterocycles. The summed E-state index contributed by atoms with van der Waals surface area (Å²) in [6, 6.07) is 2.40. The van der Waals surface area contributed by atoms with Crippen LogP contribution in [0.15, 0.2) is 0 Å². The molecule has 0 amide bonds. The molecule has 0 aromatic carbocycles. The summed E-state index contributed by atoms with van der Waals surface area (Å²) >= 11 is 0. The van der Waals surface area contributed by atoms with Crippen LogP contribution in [-0.2, 0) is 39.8 Å². The maximum absolute atomic E-state index is 5.73. The third kappa shape index (κ3) is 13.9. The molecule has 0 saturated heterocycles. The lowest BCUT2D eigenvalue weighted by atomic mass is 9.72. The predicted molar refractivity (Wildman–Crippen MR) is 163 cm³/mol. The molecule has 0 N–H and O–H groups in total. The first-order valence-corrected chi connectivity index (χ1v) is 20.5. The predicted octanol–water partition coefficient (Wildman–Crippen LogP) is 6.70. The SMILES string of the molecule is CCCCCCCCC(CCC[Si](OC)(OC)OC)(CCC[Si](OC)(OC)OC)CCC[Si](OC)(OC)OC. The van der Waals surface area contributed by atoms with Crippen LogP contribution in [0.4, 0.5) is 0 Å². The molecule has 0 unspecified atom stereocenters. The van der Waals surface area contributed by atoms with E-state index in [-0.39, 0.29) is 5.41 Å². The van der Waals surface area contributed by atoms with Crippen molar-refractivity contribution >= 4 is 26.4 Å². The zero-order valence-electron chi connectivity index (χ0n) is 27.0. The zero-order chi connectivity index (χ0) is 29.7. The van der Waals surface area contributed by atoms with Crippen molar-refractivity contribution in [3.63, 3.8) is 0 Å². The summed E-state index contributed by atoms with van der Waals surface area (Å²) in [5.41, 5.74) is 0.158. The second kappa shape index (κ2) is 21.9. The van der Waals surface area contributed by atoms with Gasteiger partial charge in [0.2, 0.25) is 0 Å². The van der Waals surface area contributed by atoms with Crippen LogP contribution < -0.4 is 0 Å². The third-order valence-corrected chi connectivity index (χ3v) is 16.9. The molecule has 12 heteroatoms. The minimum Gasteiger partial charge on any atom is -0.377 e. The van der Waals surface area contributed by atoms with E-state index in [1.807, 2.05) is 0 Å². The van der Waals surface area contributed by atoms with Gasteiger partial charge in [-0.15, -0.1) is 0 Å². The van der Waals surface area contributed by atoms with Gasteiger partial charge >= 0.3 is 26.4 Å². The first-order valence-electron chi connectivity index (χ1n) is 14.7. The third-order valence-electron chi connectivity index (χ3n) is 8.43. The Hall–Kier alpha value is 0.291. The average Bonchev–Trinajstić information content (AvgIpc) is 2.98. The van der Waals surface area contributed by atoms with Crippen molar-refractivity contribution in [1.82, 2.24) is 0 Å². The highest BCUT2D eigenvalue weighted by Gasteiger charge is 2.42. The fourth-order valence-electron chi connectivity index (χ4n) is 5.74. The van der Waals surface area contributed by atoms with E-state index in [2.05, 4.69) is 6.92 Å². The molecule has 236 valence electrons. The summed E-state index contributed by atoms with van der Waals surface area (Å²) in [7, 11) is 7.33. The van der Waals surface area contributed by atoms with E-state index >= 15 is 0 Å². The van der Waals surface area contributed by atoms with Gasteiger partial charge < -0.3 is 39.8 Å². The van der Waals surface area contributed by atoms with Gasteiger partial charge in [0.15, 0.2) is 0 Å². The molecule has 0 aliphatic carbocycles. The highest BCUT2D eigenvalue weighted by molar-refractivity contribution is 6.61. The fourth-order valence-corrected chi connectivity index (χ4v) is 10.9. The molecule has 9 nitrogen and oxygen atoms in total. The van der Waals surface area contributed by atoms with E-state index < -0.39 is 26.4 Å². The van der Waals surface area contributed by atoms with Gasteiger partial charge in [-0.1, -0.05) is 45.4 Å². The van der Waals surface area contributed by atoms with Crippen molar-refractivity contribution in [2.24, 2.45) is 5.41 Å². The number of unbranched alkanes of at least 4 members (excludes halogenated alkanes) is 5. The molecule has 0 aliphatic rings. The molecule has 0 aliphatic heterocycles. The standard InChI is InChI=1S/C27H62O9Si3/c1-11-12-13-14-15-16-20-27(21-17-24-37(28-2,29-3)30-4,22-18-25-38(31-5,32-6)33-7)23-19-26-39(34-8,35-9)36-10/h11-26H2,1-10H3. The highest BCUT2D eigenvalue weighted by atomic mass is 28.4. The first kappa shape index (κ1) is 39.3. The molecule has 0 saturated carbocycles. The zero-order valence-corrected chi connectivity index (χ0v) is 30.0. The number of rotatable bonds is 28. The van der Waals surface area contributed by atoms with Gasteiger partial charge in [-0.25, -0.2) is 0 Å². The number of hydrogen-bond donors (Lipinski definition) is 0. The van der Waals surface area contributed by atoms with Crippen molar-refractivity contribution in [2.45, 2.75) is 109 Å². The van der Waals surface area contributed by atoms with Crippen LogP contribution in [0.3, 0.4) is 0 Å². The molecular weight excluding hydrogens is 553 g/mol. The number of hydrogen-bond acceptors (Lipinski definition) is 9. The minimum absolute atomic E-state index is 0.158. The van der Waals surface area contributed by atoms with Crippen molar-refractivity contribution in [1.29, 1.82) is 0 Å². The van der Waals surface area contributed by atoms with Crippen LogP contribution in [0.5, 0.6) is 0 Å². The Kier molecular flexibility index (Phi) is 22.1. The molecule has 0 rings (SSSR count). The quantitative estimate of drug-likeness (QED) is 0.0706. The van der Waals surface area contributed by atoms with E-state index in [0.29, 0.717) is 0 Å². The van der Waals surface area contributed by atoms with E-state index in [1.54, 1.807) is 64.0 Å². The summed E-state index contributed by atoms with van der Waals surface area (Å²) in [4.78, 5) is 0. The van der Waals surface area contributed by atoms with Gasteiger partial charge in [-0.05, 0) is 50.4 Å². The van der Waals surface area contributed by atoms with Crippen LogP contribution >= 0.6 is 0 Å². The Morgan fingerprint density at radius 3 is 0.897 bits per heavy atom. The second-order valence-corrected chi connectivity index (χ2v) is 19.7. The van der Waals surface area contributed by atoms with Crippen LogP contribution in [0, 0.1) is 5.41 Å². The summed E-state index contributed by atoms with van der Waals surface area (Å²) in [6.07, 6.45) is 15.1. The van der Waals surface area contributed by atoms with Crippen molar-refractivity contribution < 1.29 is 39.8 Å². The first-order chi connectivity index (χ1) is 18.7. The van der Waals surface area contributed by atoms with E-state index in [1.165, 1.54) is 44.9 Å². The Morgan fingerprint density at radius 1 is 0.359 bits per heavy atom. The van der Waals surface area contributed by atoms with Gasteiger partial charge in [0.1, 0.15) is 0 Å². The Labute approximate surface area is 244 Å². The lowest BCUT2D eigenvalue weighted by molar-refractivity contribution is 0.111. The molecule has 0 radical (unpaired) electrons. The van der Waals surface area contributed by atoms with Crippen LogP contribution in [0.1, 0.15) is 90.4 Å². The second-order valence-electron chi connectivity index (χ2n) is 10.5. The van der Waals surface area contributed by atoms with Crippen LogP contribution in [0.25, 0.3) is 0 Å². The molecule has 0 fully saturated rings. The van der Waals surface area contributed by atoms with E-state index in [9.17, 15) is 0 Å². The Balaban J connectivity index is 5.81. The molecular formula is C27H62O9Si3. The largest absolute Gasteiger partial charge is 0.500 e. The summed E-state index contributed by atoms with van der Waals surface area (Å²) in [5.74, 6) is 0. The summed E-state index contributed by atoms with van der Waals surface area (Å²) in [6.45, 7) is 2.27. The molecule has 0 aromatic rings. The molecule has 0 atom stereocenters. The monoisotopic (exact) mass is 614 g/mol. The van der Waals surface area contributed by atoms with Crippen LogP contribution in [-0.4, -0.2) is 90.4 Å². The molecule has 0 heterocycles. The maximum atomic E-state index is 5.73. The fraction of sp³-hybridized carbons (Fsp3) is 1.00. The average molecular weight is 615 g/mol. The van der Waals surface area contributed by atoms with Crippen LogP contribution in [0.2, 0.25) is 18.1 Å².